The number of nitrogens with zero attached hydrogens (tertiary/aromatic N) is 2. The molecule has 13 aromatic carbocycles. The molecule has 3 aliphatic rings. The van der Waals surface area contributed by atoms with Crippen molar-refractivity contribution in [1.82, 2.24) is 0 Å². The Morgan fingerprint density at radius 1 is 0.217 bits per heavy atom. The maximum absolute atomic E-state index is 2.52. The minimum Gasteiger partial charge on any atom is -0.310 e. The number of hydrogen-bond acceptors (Lipinski definition) is 2. The summed E-state index contributed by atoms with van der Waals surface area (Å²) in [7, 11) is 0. The second kappa shape index (κ2) is 18.1. The zero-order chi connectivity index (χ0) is 55.9. The van der Waals surface area contributed by atoms with Gasteiger partial charge in [0.05, 0.1) is 5.69 Å². The van der Waals surface area contributed by atoms with Gasteiger partial charge in [-0.15, -0.1) is 0 Å². The van der Waals surface area contributed by atoms with E-state index in [4.69, 9.17) is 0 Å². The first kappa shape index (κ1) is 49.1. The molecule has 2 heteroatoms. The first-order chi connectivity index (χ1) is 40.4. The van der Waals surface area contributed by atoms with Crippen molar-refractivity contribution in [3.8, 4) is 55.6 Å². The fourth-order valence-corrected chi connectivity index (χ4v) is 14.9. The Labute approximate surface area is 487 Å². The highest BCUT2D eigenvalue weighted by Crippen LogP contribution is 2.56. The number of fused-ring (bicyclic) bond motifs is 12. The smallest absolute Gasteiger partial charge is 0.0546 e. The third-order valence-corrected chi connectivity index (χ3v) is 19.2. The Morgan fingerprint density at radius 3 is 1.24 bits per heavy atom. The maximum Gasteiger partial charge on any atom is 0.0546 e. The highest BCUT2D eigenvalue weighted by atomic mass is 15.1. The van der Waals surface area contributed by atoms with E-state index < -0.39 is 0 Å². The Balaban J connectivity index is 0.883. The molecule has 0 atom stereocenters. The van der Waals surface area contributed by atoms with Crippen LogP contribution in [0.3, 0.4) is 0 Å². The lowest BCUT2D eigenvalue weighted by atomic mass is 9.68. The van der Waals surface area contributed by atoms with Crippen LogP contribution in [0.4, 0.5) is 34.1 Å². The summed E-state index contributed by atoms with van der Waals surface area (Å²) in [6.07, 6.45) is 0. The fraction of sp³-hybridized carbons (Fsp3) is 0.111. The average Bonchev–Trinajstić information content (AvgIpc) is 3.67. The predicted molar refractivity (Wildman–Crippen MR) is 352 cm³/mol. The quantitative estimate of drug-likeness (QED) is 0.140. The van der Waals surface area contributed by atoms with Crippen LogP contribution in [0.1, 0.15) is 74.9 Å². The van der Waals surface area contributed by atoms with Gasteiger partial charge in [-0.05, 0) is 189 Å². The van der Waals surface area contributed by atoms with Crippen molar-refractivity contribution in [1.29, 1.82) is 0 Å². The molecule has 396 valence electrons. The first-order valence-electron chi connectivity index (χ1n) is 29.4. The van der Waals surface area contributed by atoms with Crippen molar-refractivity contribution in [3.05, 3.63) is 300 Å². The fourth-order valence-electron chi connectivity index (χ4n) is 14.9. The summed E-state index contributed by atoms with van der Waals surface area (Å²) < 4.78 is 0. The molecule has 13 aromatic rings. The summed E-state index contributed by atoms with van der Waals surface area (Å²) in [6.45, 7) is 14.4. The zero-order valence-electron chi connectivity index (χ0n) is 47.8. The molecule has 0 spiro atoms. The van der Waals surface area contributed by atoms with Crippen LogP contribution < -0.4 is 9.80 Å². The minimum absolute atomic E-state index is 0.0877. The highest BCUT2D eigenvalue weighted by molar-refractivity contribution is 6.25. The van der Waals surface area contributed by atoms with E-state index in [1.807, 2.05) is 0 Å². The summed E-state index contributed by atoms with van der Waals surface area (Å²) >= 11 is 0. The van der Waals surface area contributed by atoms with Gasteiger partial charge in [-0.1, -0.05) is 236 Å². The summed E-state index contributed by atoms with van der Waals surface area (Å²) in [6, 6.07) is 100. The zero-order valence-corrected chi connectivity index (χ0v) is 47.8. The molecule has 0 N–H and O–H groups in total. The van der Waals surface area contributed by atoms with Crippen molar-refractivity contribution in [3.63, 3.8) is 0 Å². The van der Waals surface area contributed by atoms with Crippen LogP contribution in [0.5, 0.6) is 0 Å². The molecule has 0 radical (unpaired) electrons. The van der Waals surface area contributed by atoms with E-state index in [-0.39, 0.29) is 16.2 Å². The van der Waals surface area contributed by atoms with Gasteiger partial charge in [0.1, 0.15) is 0 Å². The van der Waals surface area contributed by atoms with Gasteiger partial charge in [0.15, 0.2) is 0 Å². The lowest BCUT2D eigenvalue weighted by Gasteiger charge is -2.37. The molecule has 0 unspecified atom stereocenters. The van der Waals surface area contributed by atoms with E-state index >= 15 is 0 Å². The average molecular weight is 1060 g/mol. The maximum atomic E-state index is 2.52. The van der Waals surface area contributed by atoms with Crippen molar-refractivity contribution in [2.75, 3.05) is 9.80 Å². The minimum atomic E-state index is -0.337. The van der Waals surface area contributed by atoms with Crippen LogP contribution in [0, 0.1) is 0 Å². The van der Waals surface area contributed by atoms with Crippen molar-refractivity contribution in [2.45, 2.75) is 57.8 Å². The third-order valence-electron chi connectivity index (χ3n) is 19.2. The molecule has 83 heavy (non-hydrogen) atoms. The summed E-state index contributed by atoms with van der Waals surface area (Å²) in [5.41, 5.74) is 27.0. The third kappa shape index (κ3) is 7.35. The molecule has 0 aliphatic heterocycles. The van der Waals surface area contributed by atoms with Gasteiger partial charge >= 0.3 is 0 Å². The lowest BCUT2D eigenvalue weighted by molar-refractivity contribution is 0.645. The Morgan fingerprint density at radius 2 is 0.614 bits per heavy atom. The van der Waals surface area contributed by atoms with E-state index in [1.54, 1.807) is 0 Å². The molecule has 16 rings (SSSR count). The topological polar surface area (TPSA) is 6.48 Å². The van der Waals surface area contributed by atoms with Crippen LogP contribution in [-0.2, 0) is 16.2 Å². The van der Waals surface area contributed by atoms with Gasteiger partial charge in [-0.25, -0.2) is 0 Å². The standard InChI is InChI=1S/C81H62N2/c1-79(2)72-30-18-16-26-62(72)69-46-57(42-45-73(69)79)82(55-36-32-53(33-37-55)51-20-9-7-10-21-51)58-40-44-64-70-49-67-60-24-13-14-27-65(60)77(50-68(67)66-28-19-31-74(78(66)70)81(5,6)76(64)47-58)83(56-38-34-54(35-39-56)52-22-11-8-12-23-52)59-41-43-63-61-25-15-17-29-71(61)80(3,4)75(63)48-59/h7-50H,1-6H3. The van der Waals surface area contributed by atoms with E-state index in [0.717, 1.165) is 34.1 Å². The van der Waals surface area contributed by atoms with Crippen molar-refractivity contribution in [2.24, 2.45) is 0 Å². The molecular weight excluding hydrogens is 1000 g/mol. The number of rotatable bonds is 8. The second-order valence-electron chi connectivity index (χ2n) is 24.8. The van der Waals surface area contributed by atoms with Gasteiger partial charge in [-0.2, -0.15) is 0 Å². The Bertz CT molecular complexity index is 4790. The van der Waals surface area contributed by atoms with Gasteiger partial charge < -0.3 is 9.80 Å². The largest absolute Gasteiger partial charge is 0.310 e. The van der Waals surface area contributed by atoms with E-state index in [9.17, 15) is 0 Å². The monoisotopic (exact) mass is 1060 g/mol. The van der Waals surface area contributed by atoms with E-state index in [0.29, 0.717) is 0 Å². The Kier molecular flexibility index (Phi) is 10.7. The molecule has 3 aliphatic carbocycles. The summed E-state index contributed by atoms with van der Waals surface area (Å²) in [5, 5.41) is 7.55. The lowest BCUT2D eigenvalue weighted by Crippen LogP contribution is -2.24. The molecule has 0 amide bonds. The van der Waals surface area contributed by atoms with Crippen LogP contribution in [0.25, 0.3) is 88.0 Å². The molecule has 0 fully saturated rings. The van der Waals surface area contributed by atoms with Crippen LogP contribution in [-0.4, -0.2) is 0 Å². The molecule has 0 saturated heterocycles. The van der Waals surface area contributed by atoms with Gasteiger partial charge in [0, 0.05) is 50.1 Å². The van der Waals surface area contributed by atoms with Crippen LogP contribution >= 0.6 is 0 Å². The molecule has 0 saturated carbocycles. The first-order valence-corrected chi connectivity index (χ1v) is 29.4. The van der Waals surface area contributed by atoms with Gasteiger partial charge in [0.25, 0.3) is 0 Å². The van der Waals surface area contributed by atoms with Crippen LogP contribution in [0.2, 0.25) is 0 Å². The van der Waals surface area contributed by atoms with Crippen LogP contribution in [0.15, 0.2) is 267 Å². The summed E-state index contributed by atoms with van der Waals surface area (Å²) in [4.78, 5) is 5.00. The molecule has 0 heterocycles. The molecule has 0 aromatic heterocycles. The number of benzene rings is 13. The number of hydrogen-bond donors (Lipinski definition) is 0. The molecule has 0 bridgehead atoms. The van der Waals surface area contributed by atoms with Gasteiger partial charge in [0.2, 0.25) is 0 Å². The Hall–Kier alpha value is -9.76. The molecule has 2 nitrogen and oxygen atoms in total. The van der Waals surface area contributed by atoms with Crippen molar-refractivity contribution >= 4 is 66.4 Å². The second-order valence-corrected chi connectivity index (χ2v) is 24.8. The summed E-state index contributed by atoms with van der Waals surface area (Å²) in [5.74, 6) is 0. The number of anilines is 6. The van der Waals surface area contributed by atoms with Gasteiger partial charge in [-0.3, -0.25) is 0 Å². The van der Waals surface area contributed by atoms with Crippen molar-refractivity contribution < 1.29 is 0 Å². The highest BCUT2D eigenvalue weighted by Gasteiger charge is 2.39. The van der Waals surface area contributed by atoms with E-state index in [1.165, 1.54) is 121 Å². The predicted octanol–water partition coefficient (Wildman–Crippen LogP) is 22.3. The normalized spacial score (nSPS) is 14.4. The van der Waals surface area contributed by atoms with E-state index in [2.05, 4.69) is 318 Å². The SMILES string of the molecule is CC1(C)c2ccccc2-c2cc(N(c3ccc(-c4ccccc4)cc3)c3ccc4c(c3)C(C)(C)c3cccc5c3c-4cc3c4ccccc4c(N(c4ccc(-c6ccccc6)cc4)c4ccc6c(c4)C(C)(C)c4ccccc4-6)cc53)ccc21. The molecular formula is C81H62N2.